The van der Waals surface area contributed by atoms with Gasteiger partial charge in [-0.1, -0.05) is 47.5 Å². The molecular weight excluding hydrogens is 346 g/mol. The van der Waals surface area contributed by atoms with Crippen LogP contribution in [-0.4, -0.2) is 26.9 Å². The van der Waals surface area contributed by atoms with Crippen molar-refractivity contribution >= 4 is 9.84 Å². The van der Waals surface area contributed by atoms with Crippen molar-refractivity contribution < 1.29 is 13.2 Å². The fraction of sp³-hybridized carbons (Fsp3) is 0.381. The van der Waals surface area contributed by atoms with E-state index in [2.05, 4.69) is 6.07 Å². The van der Waals surface area contributed by atoms with Crippen LogP contribution in [0, 0.1) is 30.6 Å². The molecule has 1 fully saturated rings. The van der Waals surface area contributed by atoms with Crippen LogP contribution in [0.1, 0.15) is 29.5 Å². The molecule has 1 aliphatic carbocycles. The van der Waals surface area contributed by atoms with Crippen LogP contribution in [-0.2, 0) is 14.6 Å². The quantitative estimate of drug-likeness (QED) is 0.777. The molecule has 0 radical (unpaired) electrons. The lowest BCUT2D eigenvalue weighted by Crippen LogP contribution is -2.19. The Labute approximate surface area is 155 Å². The Kier molecular flexibility index (Phi) is 4.92. The summed E-state index contributed by atoms with van der Waals surface area (Å²) in [5, 5.41) is 9.11. The summed E-state index contributed by atoms with van der Waals surface area (Å²) in [6.45, 7) is 6.31. The first-order valence-electron chi connectivity index (χ1n) is 8.73. The SMILES string of the molecule is CCOC[C@@]1(C#N)[C@@H](c2ccc(C)cc2)[C@@H]1S(=O)(=O)c1ccc(C)cc1. The molecule has 0 bridgehead atoms. The van der Waals surface area contributed by atoms with Crippen molar-refractivity contribution in [2.45, 2.75) is 36.8 Å². The van der Waals surface area contributed by atoms with Gasteiger partial charge < -0.3 is 4.74 Å². The maximum Gasteiger partial charge on any atom is 0.183 e. The highest BCUT2D eigenvalue weighted by molar-refractivity contribution is 7.92. The van der Waals surface area contributed by atoms with E-state index in [1.165, 1.54) is 0 Å². The molecule has 0 aromatic heterocycles. The average Bonchev–Trinajstić information content (AvgIpc) is 3.31. The van der Waals surface area contributed by atoms with Crippen LogP contribution in [0.25, 0.3) is 0 Å². The van der Waals surface area contributed by atoms with Gasteiger partial charge in [-0.15, -0.1) is 0 Å². The lowest BCUT2D eigenvalue weighted by molar-refractivity contribution is 0.117. The predicted molar refractivity (Wildman–Crippen MR) is 101 cm³/mol. The molecule has 0 unspecified atom stereocenters. The Hall–Kier alpha value is -2.16. The smallest absolute Gasteiger partial charge is 0.183 e. The van der Waals surface area contributed by atoms with Crippen molar-refractivity contribution in [2.24, 2.45) is 5.41 Å². The summed E-state index contributed by atoms with van der Waals surface area (Å²) in [6, 6.07) is 16.8. The van der Waals surface area contributed by atoms with Crippen LogP contribution in [0.15, 0.2) is 53.4 Å². The monoisotopic (exact) mass is 369 g/mol. The minimum atomic E-state index is -3.64. The number of ether oxygens (including phenoxy) is 1. The lowest BCUT2D eigenvalue weighted by atomic mass is 10.0. The number of nitrogens with zero attached hydrogens (tertiary/aromatic N) is 1. The zero-order chi connectivity index (χ0) is 18.9. The third-order valence-corrected chi connectivity index (χ3v) is 7.42. The average molecular weight is 369 g/mol. The molecule has 5 heteroatoms. The number of hydrogen-bond acceptors (Lipinski definition) is 4. The summed E-state index contributed by atoms with van der Waals surface area (Å²) >= 11 is 0. The molecule has 1 saturated carbocycles. The highest BCUT2D eigenvalue weighted by atomic mass is 32.2. The lowest BCUT2D eigenvalue weighted by Gasteiger charge is -2.10. The molecule has 0 spiro atoms. The van der Waals surface area contributed by atoms with Crippen molar-refractivity contribution in [3.05, 3.63) is 65.2 Å². The third kappa shape index (κ3) is 3.04. The molecule has 4 nitrogen and oxygen atoms in total. The van der Waals surface area contributed by atoms with Crippen LogP contribution in [0.4, 0.5) is 0 Å². The van der Waals surface area contributed by atoms with E-state index in [-0.39, 0.29) is 17.4 Å². The predicted octanol–water partition coefficient (Wildman–Crippen LogP) is 3.79. The molecule has 0 aliphatic heterocycles. The Bertz CT molecular complexity index is 927. The molecule has 136 valence electrons. The summed E-state index contributed by atoms with van der Waals surface area (Å²) in [7, 11) is -3.64. The minimum Gasteiger partial charge on any atom is -0.380 e. The number of benzene rings is 2. The standard InChI is InChI=1S/C21H23NO3S/c1-4-25-14-21(13-22)19(17-9-5-15(2)6-10-17)20(21)26(23,24)18-11-7-16(3)8-12-18/h5-12,19-20H,4,14H2,1-3H3/t19-,20-,21-/m0/s1. The maximum atomic E-state index is 13.3. The molecule has 1 aliphatic rings. The topological polar surface area (TPSA) is 67.2 Å². The minimum absolute atomic E-state index is 0.119. The Morgan fingerprint density at radius 1 is 1.04 bits per heavy atom. The number of nitriles is 1. The largest absolute Gasteiger partial charge is 0.380 e. The van der Waals surface area contributed by atoms with Gasteiger partial charge in [-0.25, -0.2) is 8.42 Å². The first-order valence-corrected chi connectivity index (χ1v) is 10.3. The number of aryl methyl sites for hydroxylation is 2. The number of sulfone groups is 1. The van der Waals surface area contributed by atoms with E-state index in [1.807, 2.05) is 45.0 Å². The van der Waals surface area contributed by atoms with Crippen LogP contribution in [0.5, 0.6) is 0 Å². The van der Waals surface area contributed by atoms with Crippen LogP contribution in [0.2, 0.25) is 0 Å². The van der Waals surface area contributed by atoms with Gasteiger partial charge in [0.05, 0.1) is 22.8 Å². The van der Waals surface area contributed by atoms with E-state index in [0.29, 0.717) is 6.61 Å². The molecule has 3 atom stereocenters. The molecule has 0 saturated heterocycles. The van der Waals surface area contributed by atoms with Gasteiger partial charge in [0.15, 0.2) is 9.84 Å². The van der Waals surface area contributed by atoms with Crippen molar-refractivity contribution in [3.8, 4) is 6.07 Å². The van der Waals surface area contributed by atoms with Crippen molar-refractivity contribution in [2.75, 3.05) is 13.2 Å². The van der Waals surface area contributed by atoms with E-state index < -0.39 is 20.5 Å². The van der Waals surface area contributed by atoms with Gasteiger partial charge in [-0.2, -0.15) is 5.26 Å². The molecule has 3 rings (SSSR count). The summed E-state index contributed by atoms with van der Waals surface area (Å²) in [5.74, 6) is -0.383. The molecule has 0 amide bonds. The molecule has 26 heavy (non-hydrogen) atoms. The van der Waals surface area contributed by atoms with E-state index >= 15 is 0 Å². The van der Waals surface area contributed by atoms with Crippen LogP contribution >= 0.6 is 0 Å². The normalized spacial score (nSPS) is 24.8. The second-order valence-corrected chi connectivity index (χ2v) is 9.03. The second-order valence-electron chi connectivity index (χ2n) is 6.96. The van der Waals surface area contributed by atoms with E-state index in [4.69, 9.17) is 4.74 Å². The third-order valence-electron chi connectivity index (χ3n) is 5.13. The van der Waals surface area contributed by atoms with E-state index in [9.17, 15) is 13.7 Å². The van der Waals surface area contributed by atoms with Crippen molar-refractivity contribution in [3.63, 3.8) is 0 Å². The second kappa shape index (κ2) is 6.86. The van der Waals surface area contributed by atoms with Gasteiger partial charge in [0, 0.05) is 12.5 Å². The maximum absolute atomic E-state index is 13.3. The molecule has 0 N–H and O–H groups in total. The number of rotatable bonds is 6. The molecular formula is C21H23NO3S. The first kappa shape index (κ1) is 18.6. The number of hydrogen-bond donors (Lipinski definition) is 0. The van der Waals surface area contributed by atoms with Crippen LogP contribution < -0.4 is 0 Å². The van der Waals surface area contributed by atoms with Gasteiger partial charge in [0.1, 0.15) is 5.41 Å². The molecule has 2 aromatic rings. The van der Waals surface area contributed by atoms with Gasteiger partial charge in [0.25, 0.3) is 0 Å². The van der Waals surface area contributed by atoms with E-state index in [0.717, 1.165) is 16.7 Å². The zero-order valence-electron chi connectivity index (χ0n) is 15.3. The van der Waals surface area contributed by atoms with Crippen molar-refractivity contribution in [1.29, 1.82) is 5.26 Å². The van der Waals surface area contributed by atoms with Gasteiger partial charge in [-0.3, -0.25) is 0 Å². The van der Waals surface area contributed by atoms with Crippen molar-refractivity contribution in [1.82, 2.24) is 0 Å². The highest BCUT2D eigenvalue weighted by Crippen LogP contribution is 2.63. The summed E-state index contributed by atoms with van der Waals surface area (Å²) in [4.78, 5) is 0.263. The summed E-state index contributed by atoms with van der Waals surface area (Å²) < 4.78 is 32.1. The summed E-state index contributed by atoms with van der Waals surface area (Å²) in [5.41, 5.74) is 1.92. The zero-order valence-corrected chi connectivity index (χ0v) is 16.1. The fourth-order valence-corrected chi connectivity index (χ4v) is 5.90. The van der Waals surface area contributed by atoms with Crippen LogP contribution in [0.3, 0.4) is 0 Å². The summed E-state index contributed by atoms with van der Waals surface area (Å²) in [6.07, 6.45) is 0. The Morgan fingerprint density at radius 3 is 2.08 bits per heavy atom. The first-order chi connectivity index (χ1) is 12.4. The van der Waals surface area contributed by atoms with Gasteiger partial charge in [0.2, 0.25) is 0 Å². The molecule has 2 aromatic carbocycles. The Morgan fingerprint density at radius 2 is 1.58 bits per heavy atom. The Balaban J connectivity index is 2.05. The van der Waals surface area contributed by atoms with Gasteiger partial charge in [-0.05, 0) is 38.5 Å². The van der Waals surface area contributed by atoms with E-state index in [1.54, 1.807) is 24.3 Å². The fourth-order valence-electron chi connectivity index (χ4n) is 3.59. The molecule has 0 heterocycles. The van der Waals surface area contributed by atoms with Gasteiger partial charge >= 0.3 is 0 Å². The highest BCUT2D eigenvalue weighted by Gasteiger charge is 2.72.